The lowest BCUT2D eigenvalue weighted by Crippen LogP contribution is -2.03. The Bertz CT molecular complexity index is 330. The number of aromatic carboxylic acids is 1. The zero-order valence-corrected chi connectivity index (χ0v) is 7.61. The smallest absolute Gasteiger partial charge is 0.339 e. The molecule has 0 amide bonds. The Labute approximate surface area is 75.6 Å². The van der Waals surface area contributed by atoms with E-state index in [1.54, 1.807) is 14.0 Å². The Kier molecular flexibility index (Phi) is 2.67. The van der Waals surface area contributed by atoms with Gasteiger partial charge in [-0.15, -0.1) is 0 Å². The fraction of sp³-hybridized carbons (Fsp3) is 0.500. The molecule has 1 rings (SSSR count). The van der Waals surface area contributed by atoms with Crippen molar-refractivity contribution in [3.8, 4) is 0 Å². The van der Waals surface area contributed by atoms with Crippen LogP contribution in [0.4, 0.5) is 0 Å². The summed E-state index contributed by atoms with van der Waals surface area (Å²) in [7, 11) is 1.68. The van der Waals surface area contributed by atoms with Gasteiger partial charge >= 0.3 is 5.97 Å². The fourth-order valence-electron chi connectivity index (χ4n) is 1.24. The second kappa shape index (κ2) is 3.57. The van der Waals surface area contributed by atoms with Gasteiger partial charge in [0.25, 0.3) is 0 Å². The maximum Gasteiger partial charge on any atom is 0.339 e. The lowest BCUT2D eigenvalue weighted by atomic mass is 10.1. The summed E-state index contributed by atoms with van der Waals surface area (Å²) in [5, 5.41) is 21.5. The van der Waals surface area contributed by atoms with Crippen LogP contribution in [-0.4, -0.2) is 32.6 Å². The Morgan fingerprint density at radius 3 is 2.69 bits per heavy atom. The average molecular weight is 184 g/mol. The molecule has 13 heavy (non-hydrogen) atoms. The number of nitrogens with zero attached hydrogens (tertiary/aromatic N) is 2. The molecule has 0 spiro atoms. The lowest BCUT2D eigenvalue weighted by Gasteiger charge is -1.95. The fourth-order valence-corrected chi connectivity index (χ4v) is 1.24. The van der Waals surface area contributed by atoms with E-state index in [4.69, 9.17) is 10.2 Å². The second-order valence-corrected chi connectivity index (χ2v) is 2.81. The van der Waals surface area contributed by atoms with Crippen molar-refractivity contribution in [1.82, 2.24) is 9.78 Å². The molecule has 0 aliphatic carbocycles. The number of rotatable bonds is 3. The molecule has 5 heteroatoms. The summed E-state index contributed by atoms with van der Waals surface area (Å²) < 4.78 is 1.51. The highest BCUT2D eigenvalue weighted by molar-refractivity contribution is 5.90. The third kappa shape index (κ3) is 1.70. The summed E-state index contributed by atoms with van der Waals surface area (Å²) in [4.78, 5) is 10.8. The van der Waals surface area contributed by atoms with Crippen molar-refractivity contribution in [3.63, 3.8) is 0 Å². The second-order valence-electron chi connectivity index (χ2n) is 2.81. The highest BCUT2D eigenvalue weighted by atomic mass is 16.4. The van der Waals surface area contributed by atoms with E-state index in [0.29, 0.717) is 11.4 Å². The van der Waals surface area contributed by atoms with E-state index in [1.165, 1.54) is 4.68 Å². The number of aryl methyl sites for hydroxylation is 1. The molecule has 0 atom stereocenters. The van der Waals surface area contributed by atoms with E-state index in [-0.39, 0.29) is 18.6 Å². The topological polar surface area (TPSA) is 75.3 Å². The van der Waals surface area contributed by atoms with Crippen molar-refractivity contribution in [3.05, 3.63) is 17.0 Å². The zero-order chi connectivity index (χ0) is 10.0. The number of aliphatic hydroxyl groups excluding tert-OH is 1. The van der Waals surface area contributed by atoms with Gasteiger partial charge in [0, 0.05) is 25.8 Å². The van der Waals surface area contributed by atoms with Crippen LogP contribution in [0.1, 0.15) is 21.7 Å². The summed E-state index contributed by atoms with van der Waals surface area (Å²) in [6, 6.07) is 0. The molecule has 0 aliphatic rings. The average Bonchev–Trinajstić information content (AvgIpc) is 2.28. The van der Waals surface area contributed by atoms with E-state index in [0.717, 1.165) is 0 Å². The minimum Gasteiger partial charge on any atom is -0.478 e. The quantitative estimate of drug-likeness (QED) is 0.691. The maximum atomic E-state index is 10.8. The standard InChI is InChI=1S/C8H12N2O3/c1-5-7(8(12)13)6(3-4-11)9-10(5)2/h11H,3-4H2,1-2H3,(H,12,13). The van der Waals surface area contributed by atoms with Gasteiger partial charge < -0.3 is 10.2 Å². The van der Waals surface area contributed by atoms with Gasteiger partial charge in [0.05, 0.1) is 5.69 Å². The SMILES string of the molecule is Cc1c(C(=O)O)c(CCO)nn1C. The predicted molar refractivity (Wildman–Crippen MR) is 45.7 cm³/mol. The van der Waals surface area contributed by atoms with Gasteiger partial charge in [0.15, 0.2) is 0 Å². The Morgan fingerprint density at radius 2 is 2.23 bits per heavy atom. The Hall–Kier alpha value is -1.36. The predicted octanol–water partition coefficient (Wildman–Crippen LogP) is -0.0385. The van der Waals surface area contributed by atoms with Crippen LogP contribution in [0.15, 0.2) is 0 Å². The third-order valence-corrected chi connectivity index (χ3v) is 1.97. The Balaban J connectivity index is 3.18. The molecule has 72 valence electrons. The van der Waals surface area contributed by atoms with Crippen LogP contribution in [0, 0.1) is 6.92 Å². The van der Waals surface area contributed by atoms with E-state index in [2.05, 4.69) is 5.10 Å². The Morgan fingerprint density at radius 1 is 1.62 bits per heavy atom. The number of carboxylic acid groups (broad SMARTS) is 1. The molecular weight excluding hydrogens is 172 g/mol. The van der Waals surface area contributed by atoms with Gasteiger partial charge in [-0.3, -0.25) is 4.68 Å². The van der Waals surface area contributed by atoms with Crippen molar-refractivity contribution in [1.29, 1.82) is 0 Å². The molecule has 1 aromatic rings. The van der Waals surface area contributed by atoms with Crippen LogP contribution < -0.4 is 0 Å². The van der Waals surface area contributed by atoms with Crippen LogP contribution in [0.5, 0.6) is 0 Å². The van der Waals surface area contributed by atoms with Gasteiger partial charge in [-0.05, 0) is 6.92 Å². The third-order valence-electron chi connectivity index (χ3n) is 1.97. The van der Waals surface area contributed by atoms with Crippen molar-refractivity contribution < 1.29 is 15.0 Å². The molecule has 0 radical (unpaired) electrons. The summed E-state index contributed by atoms with van der Waals surface area (Å²) in [6.45, 7) is 1.61. The molecule has 0 saturated heterocycles. The van der Waals surface area contributed by atoms with E-state index in [9.17, 15) is 4.79 Å². The highest BCUT2D eigenvalue weighted by Gasteiger charge is 2.18. The molecule has 5 nitrogen and oxygen atoms in total. The first-order valence-electron chi connectivity index (χ1n) is 3.94. The summed E-state index contributed by atoms with van der Waals surface area (Å²) in [5.41, 5.74) is 1.25. The van der Waals surface area contributed by atoms with Crippen LogP contribution in [-0.2, 0) is 13.5 Å². The minimum absolute atomic E-state index is 0.0866. The largest absolute Gasteiger partial charge is 0.478 e. The van der Waals surface area contributed by atoms with Crippen LogP contribution in [0.25, 0.3) is 0 Å². The van der Waals surface area contributed by atoms with Crippen LogP contribution >= 0.6 is 0 Å². The number of aromatic nitrogens is 2. The molecule has 0 fully saturated rings. The molecule has 0 aliphatic heterocycles. The summed E-state index contributed by atoms with van der Waals surface area (Å²) >= 11 is 0. The first-order chi connectivity index (χ1) is 6.07. The van der Waals surface area contributed by atoms with Gasteiger partial charge in [-0.25, -0.2) is 4.79 Å². The van der Waals surface area contributed by atoms with Crippen molar-refractivity contribution in [2.24, 2.45) is 7.05 Å². The number of aliphatic hydroxyl groups is 1. The van der Waals surface area contributed by atoms with Gasteiger partial charge in [-0.1, -0.05) is 0 Å². The number of carbonyl (C=O) groups is 1. The molecule has 0 saturated carbocycles. The zero-order valence-electron chi connectivity index (χ0n) is 7.61. The highest BCUT2D eigenvalue weighted by Crippen LogP contribution is 2.12. The van der Waals surface area contributed by atoms with E-state index >= 15 is 0 Å². The monoisotopic (exact) mass is 184 g/mol. The molecule has 0 unspecified atom stereocenters. The molecule has 1 heterocycles. The van der Waals surface area contributed by atoms with E-state index < -0.39 is 5.97 Å². The normalized spacial score (nSPS) is 10.4. The minimum atomic E-state index is -0.992. The van der Waals surface area contributed by atoms with Gasteiger partial charge in [0.1, 0.15) is 5.56 Å². The van der Waals surface area contributed by atoms with Crippen LogP contribution in [0.2, 0.25) is 0 Å². The lowest BCUT2D eigenvalue weighted by molar-refractivity contribution is 0.0694. The van der Waals surface area contributed by atoms with Gasteiger partial charge in [0.2, 0.25) is 0 Å². The molecule has 2 N–H and O–H groups in total. The maximum absolute atomic E-state index is 10.8. The summed E-state index contributed by atoms with van der Waals surface area (Å²) in [6.07, 6.45) is 0.281. The number of hydrogen-bond acceptors (Lipinski definition) is 3. The molecule has 0 bridgehead atoms. The first kappa shape index (κ1) is 9.73. The molecular formula is C8H12N2O3. The van der Waals surface area contributed by atoms with Crippen LogP contribution in [0.3, 0.4) is 0 Å². The van der Waals surface area contributed by atoms with Crippen molar-refractivity contribution in [2.75, 3.05) is 6.61 Å². The van der Waals surface area contributed by atoms with Crippen molar-refractivity contribution in [2.45, 2.75) is 13.3 Å². The molecule has 1 aromatic heterocycles. The summed E-state index contributed by atoms with van der Waals surface area (Å²) in [5.74, 6) is -0.992. The molecule has 0 aromatic carbocycles. The number of hydrogen-bond donors (Lipinski definition) is 2. The number of carboxylic acids is 1. The first-order valence-corrected chi connectivity index (χ1v) is 3.94. The van der Waals surface area contributed by atoms with Crippen molar-refractivity contribution >= 4 is 5.97 Å². The van der Waals surface area contributed by atoms with E-state index in [1.807, 2.05) is 0 Å². The van der Waals surface area contributed by atoms with Gasteiger partial charge in [-0.2, -0.15) is 5.10 Å².